The predicted molar refractivity (Wildman–Crippen MR) is 230 cm³/mol. The standard InChI is InChI=1S/C45H45.C8H6NO.Fe/c1-26-11-27(2)17-36(16-26)41-42(37-18-28(3)12-29(4)19-37)44(39-22-32(7)14-33(8)23-39)45(40-24-34(9)15-35(10)25-40)43(41)38-20-30(5)13-31(6)21-38;10-9-6-2-4-7-3-1-5-8(7)9;/h11-25H,1-10H3;1-6H;/q;;+2. The molecule has 1 heterocycles. The summed E-state index contributed by atoms with van der Waals surface area (Å²) >= 11 is 0. The van der Waals surface area contributed by atoms with Gasteiger partial charge < -0.3 is 5.21 Å². The molecule has 0 N–H and O–H groups in total. The van der Waals surface area contributed by atoms with Crippen molar-refractivity contribution in [1.29, 1.82) is 0 Å². The molecule has 5 aromatic carbocycles. The Morgan fingerprint density at radius 2 is 0.607 bits per heavy atom. The Morgan fingerprint density at radius 1 is 0.357 bits per heavy atom. The molecule has 8 rings (SSSR count). The van der Waals surface area contributed by atoms with Gasteiger partial charge in [0.15, 0.2) is 6.21 Å². The Kier molecular flexibility index (Phi) is 12.7. The summed E-state index contributed by atoms with van der Waals surface area (Å²) in [6.45, 7) is 22.2. The van der Waals surface area contributed by atoms with Gasteiger partial charge in [-0.05, 0) is 116 Å². The summed E-state index contributed by atoms with van der Waals surface area (Å²) in [5.74, 6) is 7.60. The summed E-state index contributed by atoms with van der Waals surface area (Å²) in [4.78, 5) is 0. The van der Waals surface area contributed by atoms with Crippen LogP contribution in [-0.2, 0) is 17.1 Å². The third-order valence-corrected chi connectivity index (χ3v) is 10.4. The molecule has 0 saturated heterocycles. The second-order valence-corrected chi connectivity index (χ2v) is 16.0. The Morgan fingerprint density at radius 3 is 0.839 bits per heavy atom. The van der Waals surface area contributed by atoms with Gasteiger partial charge in [0.05, 0.1) is 5.92 Å². The molecule has 56 heavy (non-hydrogen) atoms. The van der Waals surface area contributed by atoms with Crippen LogP contribution >= 0.6 is 0 Å². The number of benzene rings is 5. The number of hydroxylamine groups is 1. The van der Waals surface area contributed by atoms with Crippen LogP contribution in [0.4, 0.5) is 0 Å². The van der Waals surface area contributed by atoms with Crippen molar-refractivity contribution in [3.05, 3.63) is 253 Å². The van der Waals surface area contributed by atoms with E-state index >= 15 is 0 Å². The van der Waals surface area contributed by atoms with Gasteiger partial charge in [0.25, 0.3) is 6.04 Å². The number of aryl methyl sites for hydroxylation is 10. The maximum atomic E-state index is 11.0. The quantitative estimate of drug-likeness (QED) is 0.0992. The van der Waals surface area contributed by atoms with Crippen molar-refractivity contribution in [3.63, 3.8) is 0 Å². The first-order valence-electron chi connectivity index (χ1n) is 19.3. The van der Waals surface area contributed by atoms with Gasteiger partial charge >= 0.3 is 17.1 Å². The maximum absolute atomic E-state index is 11.0. The number of nitrogens with zero attached hydrogens (tertiary/aromatic N) is 1. The summed E-state index contributed by atoms with van der Waals surface area (Å²) < 4.78 is 0.870. The topological polar surface area (TPSA) is 26.1 Å². The Hall–Kier alpha value is -4.17. The van der Waals surface area contributed by atoms with Crippen molar-refractivity contribution in [2.24, 2.45) is 0 Å². The normalized spacial score (nSPS) is 17.1. The number of rotatable bonds is 5. The van der Waals surface area contributed by atoms with Gasteiger partial charge in [0.1, 0.15) is 0 Å². The number of allylic oxidation sites excluding steroid dienone is 1. The first-order chi connectivity index (χ1) is 26.2. The zero-order valence-electron chi connectivity index (χ0n) is 34.3. The summed E-state index contributed by atoms with van der Waals surface area (Å²) in [6.07, 6.45) is 10.8. The molecule has 2 fully saturated rings. The third kappa shape index (κ3) is 8.86. The average molecular weight is 774 g/mol. The van der Waals surface area contributed by atoms with Gasteiger partial charge in [-0.3, -0.25) is 0 Å². The minimum absolute atomic E-state index is 0. The molecule has 0 spiro atoms. The van der Waals surface area contributed by atoms with E-state index in [9.17, 15) is 5.21 Å². The third-order valence-electron chi connectivity index (χ3n) is 10.4. The molecule has 0 unspecified atom stereocenters. The van der Waals surface area contributed by atoms with E-state index in [2.05, 4.69) is 160 Å². The van der Waals surface area contributed by atoms with Gasteiger partial charge in [-0.2, -0.15) is 4.74 Å². The monoisotopic (exact) mass is 773 g/mol. The van der Waals surface area contributed by atoms with Crippen molar-refractivity contribution in [2.75, 3.05) is 0 Å². The SMILES string of the molecule is Cc1cc(C)cc([C]2[C](c3cc(C)cc(C)c3)[C](c3cc(C)cc(C)c3)[C](c3cc(C)cc(C)c3)[C]2c2cc(C)cc(C)c2)c1.[Fe+2].[O-][N+]1=CC=C[C]2[CH][CH][CH][C]21. The fraction of sp³-hybridized carbons (Fsp3) is 0.189. The van der Waals surface area contributed by atoms with Gasteiger partial charge in [-0.15, -0.1) is 0 Å². The molecule has 10 radical (unpaired) electrons. The molecular formula is C53H51FeNO+2. The molecular weight excluding hydrogens is 722 g/mol. The van der Waals surface area contributed by atoms with Crippen molar-refractivity contribution < 1.29 is 21.8 Å². The fourth-order valence-electron chi connectivity index (χ4n) is 8.73. The number of hydrogen-bond acceptors (Lipinski definition) is 1. The van der Waals surface area contributed by atoms with Gasteiger partial charge in [-0.25, -0.2) is 0 Å². The van der Waals surface area contributed by atoms with Crippen LogP contribution in [0.25, 0.3) is 0 Å². The minimum Gasteiger partial charge on any atom is -0.623 e. The van der Waals surface area contributed by atoms with Crippen LogP contribution in [0, 0.1) is 135 Å². The molecule has 5 aromatic rings. The second-order valence-electron chi connectivity index (χ2n) is 16.0. The number of fused-ring (bicyclic) bond motifs is 1. The fourth-order valence-corrected chi connectivity index (χ4v) is 8.73. The summed E-state index contributed by atoms with van der Waals surface area (Å²) in [5, 5.41) is 11.0. The second kappa shape index (κ2) is 17.1. The predicted octanol–water partition coefficient (Wildman–Crippen LogP) is 12.1. The van der Waals surface area contributed by atoms with E-state index < -0.39 is 0 Å². The molecule has 0 bridgehead atoms. The van der Waals surface area contributed by atoms with E-state index in [1.54, 1.807) is 6.08 Å². The van der Waals surface area contributed by atoms with Crippen LogP contribution in [0.5, 0.6) is 0 Å². The smallest absolute Gasteiger partial charge is 0.623 e. The van der Waals surface area contributed by atoms with Gasteiger partial charge in [0.2, 0.25) is 0 Å². The Bertz CT molecular complexity index is 1850. The molecule has 2 aliphatic carbocycles. The molecule has 3 aliphatic rings. The maximum Gasteiger partial charge on any atom is 2.00 e. The van der Waals surface area contributed by atoms with Crippen LogP contribution in [0.15, 0.2) is 103 Å². The first-order valence-corrected chi connectivity index (χ1v) is 19.3. The Balaban J connectivity index is 0.000000417. The molecule has 0 aromatic heterocycles. The van der Waals surface area contributed by atoms with Gasteiger partial charge in [0, 0.05) is 36.0 Å². The average Bonchev–Trinajstić information content (AvgIpc) is 3.71. The first kappa shape index (κ1) is 41.5. The van der Waals surface area contributed by atoms with Crippen molar-refractivity contribution >= 4 is 6.21 Å². The zero-order chi connectivity index (χ0) is 39.1. The minimum atomic E-state index is 0. The summed E-state index contributed by atoms with van der Waals surface area (Å²) in [6, 6.07) is 36.0. The molecule has 3 heteroatoms. The summed E-state index contributed by atoms with van der Waals surface area (Å²) in [5.41, 5.74) is 19.2. The van der Waals surface area contributed by atoms with E-state index in [0.29, 0.717) is 0 Å². The molecule has 2 nitrogen and oxygen atoms in total. The van der Waals surface area contributed by atoms with Crippen LogP contribution in [0.1, 0.15) is 83.5 Å². The molecule has 2 saturated carbocycles. The Labute approximate surface area is 348 Å². The van der Waals surface area contributed by atoms with Crippen LogP contribution in [-0.4, -0.2) is 11.0 Å². The van der Waals surface area contributed by atoms with E-state index in [-0.39, 0.29) is 17.1 Å². The van der Waals surface area contributed by atoms with Gasteiger partial charge in [-0.1, -0.05) is 153 Å². The zero-order valence-corrected chi connectivity index (χ0v) is 35.4. The van der Waals surface area contributed by atoms with Crippen molar-refractivity contribution in [3.8, 4) is 0 Å². The molecule has 0 atom stereocenters. The van der Waals surface area contributed by atoms with E-state index in [4.69, 9.17) is 0 Å². The molecule has 0 amide bonds. The van der Waals surface area contributed by atoms with E-state index in [0.717, 1.165) is 16.7 Å². The number of hydrogen-bond donors (Lipinski definition) is 0. The van der Waals surface area contributed by atoms with E-state index in [1.807, 2.05) is 25.3 Å². The summed E-state index contributed by atoms with van der Waals surface area (Å²) in [7, 11) is 0. The van der Waals surface area contributed by atoms with Crippen LogP contribution < -0.4 is 0 Å². The van der Waals surface area contributed by atoms with E-state index in [1.165, 1.54) is 119 Å². The van der Waals surface area contributed by atoms with Crippen LogP contribution in [0.2, 0.25) is 0 Å². The van der Waals surface area contributed by atoms with Crippen molar-refractivity contribution in [2.45, 2.75) is 69.2 Å². The molecule has 280 valence electrons. The largest absolute Gasteiger partial charge is 2.00 e. The molecule has 1 aliphatic heterocycles. The van der Waals surface area contributed by atoms with Crippen LogP contribution in [0.3, 0.4) is 0 Å². The van der Waals surface area contributed by atoms with Crippen molar-refractivity contribution in [1.82, 2.24) is 0 Å².